The number of carbonyl (C=O) groups excluding carboxylic acids is 1. The molecule has 0 radical (unpaired) electrons. The summed E-state index contributed by atoms with van der Waals surface area (Å²) in [4.78, 5) is 15.1. The molecule has 1 unspecified atom stereocenters. The predicted octanol–water partition coefficient (Wildman–Crippen LogP) is 4.18. The maximum absolute atomic E-state index is 13.1. The number of rotatable bonds is 9. The summed E-state index contributed by atoms with van der Waals surface area (Å²) in [6, 6.07) is 26.9. The van der Waals surface area contributed by atoms with Crippen molar-refractivity contribution in [3.63, 3.8) is 0 Å². The Morgan fingerprint density at radius 1 is 0.848 bits per heavy atom. The Kier molecular flexibility index (Phi) is 8.09. The van der Waals surface area contributed by atoms with Crippen molar-refractivity contribution in [3.05, 3.63) is 102 Å². The van der Waals surface area contributed by atoms with Crippen molar-refractivity contribution in [2.75, 3.05) is 20.3 Å². The predicted molar refractivity (Wildman–Crippen MR) is 124 cm³/mol. The average molecular weight is 448 g/mol. The number of nitrogens with zero attached hydrogens (tertiary/aromatic N) is 1. The van der Waals surface area contributed by atoms with E-state index in [1.165, 1.54) is 0 Å². The lowest BCUT2D eigenvalue weighted by atomic mass is 10.1. The van der Waals surface area contributed by atoms with Gasteiger partial charge in [0.2, 0.25) is 0 Å². The molecule has 0 N–H and O–H groups in total. The minimum atomic E-state index is -0.565. The highest BCUT2D eigenvalue weighted by Crippen LogP contribution is 2.22. The lowest BCUT2D eigenvalue weighted by molar-refractivity contribution is -0.193. The molecule has 0 spiro atoms. The van der Waals surface area contributed by atoms with Crippen LogP contribution in [0.1, 0.15) is 16.7 Å². The third-order valence-electron chi connectivity index (χ3n) is 5.61. The summed E-state index contributed by atoms with van der Waals surface area (Å²) >= 11 is 0. The van der Waals surface area contributed by atoms with Crippen LogP contribution >= 0.6 is 0 Å². The lowest BCUT2D eigenvalue weighted by Crippen LogP contribution is -2.56. The Morgan fingerprint density at radius 3 is 2.12 bits per heavy atom. The third kappa shape index (κ3) is 6.42. The van der Waals surface area contributed by atoms with E-state index in [-0.39, 0.29) is 25.4 Å². The minimum Gasteiger partial charge on any atom is -0.497 e. The number of hydrogen-bond acceptors (Lipinski definition) is 6. The number of morpholine rings is 1. The molecule has 0 aromatic heterocycles. The van der Waals surface area contributed by atoms with Crippen molar-refractivity contribution in [2.24, 2.45) is 0 Å². The van der Waals surface area contributed by atoms with Crippen LogP contribution in [-0.4, -0.2) is 43.5 Å². The minimum absolute atomic E-state index is 0.224. The van der Waals surface area contributed by atoms with Crippen molar-refractivity contribution in [2.45, 2.75) is 32.0 Å². The highest BCUT2D eigenvalue weighted by atomic mass is 16.6. The van der Waals surface area contributed by atoms with Gasteiger partial charge in [-0.1, -0.05) is 72.8 Å². The van der Waals surface area contributed by atoms with Gasteiger partial charge in [0, 0.05) is 6.54 Å². The van der Waals surface area contributed by atoms with Crippen molar-refractivity contribution >= 4 is 5.97 Å². The van der Waals surface area contributed by atoms with Crippen LogP contribution in [0, 0.1) is 0 Å². The smallest absolute Gasteiger partial charge is 0.326 e. The second-order valence-corrected chi connectivity index (χ2v) is 7.92. The summed E-state index contributed by atoms with van der Waals surface area (Å²) in [6.45, 7) is 1.82. The molecule has 0 amide bonds. The zero-order valence-electron chi connectivity index (χ0n) is 18.8. The van der Waals surface area contributed by atoms with Gasteiger partial charge in [0.05, 0.1) is 26.9 Å². The van der Waals surface area contributed by atoms with Crippen molar-refractivity contribution in [1.29, 1.82) is 0 Å². The Balaban J connectivity index is 1.48. The molecular formula is C27H29NO5. The quantitative estimate of drug-likeness (QED) is 0.459. The zero-order valence-corrected chi connectivity index (χ0v) is 18.8. The number of ether oxygens (including phenoxy) is 4. The molecule has 1 aliphatic rings. The Bertz CT molecular complexity index is 994. The molecule has 3 aromatic rings. The highest BCUT2D eigenvalue weighted by Gasteiger charge is 2.37. The fourth-order valence-electron chi connectivity index (χ4n) is 3.77. The first-order chi connectivity index (χ1) is 16.2. The number of benzene rings is 3. The largest absolute Gasteiger partial charge is 0.497 e. The van der Waals surface area contributed by atoms with E-state index in [4.69, 9.17) is 18.9 Å². The summed E-state index contributed by atoms with van der Waals surface area (Å²) in [5.74, 6) is 0.469. The van der Waals surface area contributed by atoms with E-state index in [2.05, 4.69) is 0 Å². The second kappa shape index (κ2) is 11.6. The summed E-state index contributed by atoms with van der Waals surface area (Å²) in [6.07, 6.45) is -0.379. The van der Waals surface area contributed by atoms with Crippen LogP contribution in [0.2, 0.25) is 0 Å². The summed E-state index contributed by atoms with van der Waals surface area (Å²) in [5.41, 5.74) is 3.06. The van der Waals surface area contributed by atoms with Crippen LogP contribution in [0.15, 0.2) is 84.9 Å². The van der Waals surface area contributed by atoms with Gasteiger partial charge in [0.1, 0.15) is 24.6 Å². The van der Waals surface area contributed by atoms with Gasteiger partial charge in [-0.15, -0.1) is 0 Å². The van der Waals surface area contributed by atoms with E-state index in [1.54, 1.807) is 7.11 Å². The number of hydrogen-bond donors (Lipinski definition) is 0. The van der Waals surface area contributed by atoms with Gasteiger partial charge < -0.3 is 18.9 Å². The summed E-state index contributed by atoms with van der Waals surface area (Å²) < 4.78 is 22.9. The first kappa shape index (κ1) is 23.0. The molecule has 1 saturated heterocycles. The fourth-order valence-corrected chi connectivity index (χ4v) is 3.77. The van der Waals surface area contributed by atoms with Gasteiger partial charge in [-0.05, 0) is 28.8 Å². The second-order valence-electron chi connectivity index (χ2n) is 7.92. The molecule has 1 fully saturated rings. The topological polar surface area (TPSA) is 57.2 Å². The van der Waals surface area contributed by atoms with Gasteiger partial charge in [0.15, 0.2) is 0 Å². The van der Waals surface area contributed by atoms with Gasteiger partial charge >= 0.3 is 5.97 Å². The molecule has 1 heterocycles. The average Bonchev–Trinajstić information content (AvgIpc) is 2.88. The molecule has 0 bridgehead atoms. The SMILES string of the molecule is COc1ccc(CN2C(OCc3ccccc3)COC[C@H]2C(=O)OCc2ccccc2)cc1. The molecular weight excluding hydrogens is 418 g/mol. The molecule has 4 rings (SSSR count). The van der Waals surface area contributed by atoms with E-state index in [1.807, 2.05) is 89.8 Å². The van der Waals surface area contributed by atoms with E-state index >= 15 is 0 Å². The van der Waals surface area contributed by atoms with Crippen LogP contribution < -0.4 is 4.74 Å². The van der Waals surface area contributed by atoms with Crippen LogP contribution in [0.5, 0.6) is 5.75 Å². The number of methoxy groups -OCH3 is 1. The van der Waals surface area contributed by atoms with E-state index in [9.17, 15) is 4.79 Å². The Labute approximate surface area is 194 Å². The third-order valence-corrected chi connectivity index (χ3v) is 5.61. The normalized spacial score (nSPS) is 18.6. The van der Waals surface area contributed by atoms with Gasteiger partial charge in [-0.25, -0.2) is 0 Å². The Morgan fingerprint density at radius 2 is 1.48 bits per heavy atom. The monoisotopic (exact) mass is 447 g/mol. The van der Waals surface area contributed by atoms with Crippen LogP contribution in [0.4, 0.5) is 0 Å². The van der Waals surface area contributed by atoms with Crippen LogP contribution in [-0.2, 0) is 38.8 Å². The molecule has 33 heavy (non-hydrogen) atoms. The Hall–Kier alpha value is -3.19. The van der Waals surface area contributed by atoms with Gasteiger partial charge in [-0.2, -0.15) is 0 Å². The first-order valence-electron chi connectivity index (χ1n) is 11.1. The van der Waals surface area contributed by atoms with E-state index < -0.39 is 6.04 Å². The molecule has 3 aromatic carbocycles. The van der Waals surface area contributed by atoms with Crippen LogP contribution in [0.25, 0.3) is 0 Å². The summed E-state index contributed by atoms with van der Waals surface area (Å²) in [7, 11) is 1.64. The number of carbonyl (C=O) groups is 1. The van der Waals surface area contributed by atoms with Gasteiger partial charge in [0.25, 0.3) is 0 Å². The maximum atomic E-state index is 13.1. The van der Waals surface area contributed by atoms with Crippen molar-refractivity contribution in [1.82, 2.24) is 4.90 Å². The van der Waals surface area contributed by atoms with Gasteiger partial charge in [-0.3, -0.25) is 9.69 Å². The summed E-state index contributed by atoms with van der Waals surface area (Å²) in [5, 5.41) is 0. The van der Waals surface area contributed by atoms with Crippen molar-refractivity contribution in [3.8, 4) is 5.75 Å². The molecule has 6 nitrogen and oxygen atoms in total. The fraction of sp³-hybridized carbons (Fsp3) is 0.296. The van der Waals surface area contributed by atoms with E-state index in [0.717, 1.165) is 22.4 Å². The maximum Gasteiger partial charge on any atom is 0.326 e. The zero-order chi connectivity index (χ0) is 22.9. The first-order valence-corrected chi connectivity index (χ1v) is 11.1. The highest BCUT2D eigenvalue weighted by molar-refractivity contribution is 5.76. The molecule has 0 aliphatic carbocycles. The lowest BCUT2D eigenvalue weighted by Gasteiger charge is -2.40. The molecule has 0 saturated carbocycles. The standard InChI is InChI=1S/C27H29NO5/c1-30-24-14-12-21(13-15-24)16-28-25(27(29)33-18-23-10-6-3-7-11-23)19-31-20-26(28)32-17-22-8-4-2-5-9-22/h2-15,25-26H,16-20H2,1H3/t25-,26?/m0/s1. The molecule has 1 aliphatic heterocycles. The molecule has 2 atom stereocenters. The molecule has 172 valence electrons. The van der Waals surface area contributed by atoms with Crippen LogP contribution in [0.3, 0.4) is 0 Å². The van der Waals surface area contributed by atoms with Crippen molar-refractivity contribution < 1.29 is 23.7 Å². The molecule has 6 heteroatoms. The van der Waals surface area contributed by atoms with E-state index in [0.29, 0.717) is 19.8 Å². The number of esters is 1.